The predicted octanol–water partition coefficient (Wildman–Crippen LogP) is 2.26. The summed E-state index contributed by atoms with van der Waals surface area (Å²) in [7, 11) is -3.51. The van der Waals surface area contributed by atoms with E-state index in [9.17, 15) is 8.42 Å². The lowest BCUT2D eigenvalue weighted by molar-refractivity contribution is 0.340. The fourth-order valence-electron chi connectivity index (χ4n) is 2.70. The van der Waals surface area contributed by atoms with E-state index in [1.54, 1.807) is 22.6 Å². The molecule has 0 spiro atoms. The van der Waals surface area contributed by atoms with Gasteiger partial charge in [0.15, 0.2) is 0 Å². The van der Waals surface area contributed by atoms with Crippen LogP contribution in [0.4, 0.5) is 5.69 Å². The molecule has 5 nitrogen and oxygen atoms in total. The summed E-state index contributed by atoms with van der Waals surface area (Å²) in [4.78, 5) is 3.34. The van der Waals surface area contributed by atoms with Gasteiger partial charge in [0.05, 0.1) is 0 Å². The highest BCUT2D eigenvalue weighted by Crippen LogP contribution is 2.32. The molecule has 2 heterocycles. The number of nitrogens with one attached hydrogen (secondary N) is 1. The largest absolute Gasteiger partial charge is 0.399 e. The molecular weight excluding hydrogens is 306 g/mol. The third-order valence-corrected chi connectivity index (χ3v) is 7.44. The van der Waals surface area contributed by atoms with Crippen molar-refractivity contribution in [3.8, 4) is 0 Å². The molecule has 21 heavy (non-hydrogen) atoms. The van der Waals surface area contributed by atoms with E-state index in [-0.39, 0.29) is 6.04 Å². The van der Waals surface area contributed by atoms with E-state index in [0.29, 0.717) is 27.8 Å². The number of aromatic nitrogens is 1. The summed E-state index contributed by atoms with van der Waals surface area (Å²) in [5.74, 6) is 0.829. The van der Waals surface area contributed by atoms with Gasteiger partial charge in [-0.15, -0.1) is 0 Å². The lowest BCUT2D eigenvalue weighted by Gasteiger charge is -2.36. The van der Waals surface area contributed by atoms with Crippen LogP contribution in [0.15, 0.2) is 29.3 Å². The Hall–Kier alpha value is -1.18. The number of hydrogen-bond acceptors (Lipinski definition) is 4. The van der Waals surface area contributed by atoms with Crippen LogP contribution in [-0.4, -0.2) is 41.3 Å². The molecule has 0 radical (unpaired) electrons. The van der Waals surface area contributed by atoms with Gasteiger partial charge in [-0.1, -0.05) is 6.92 Å². The number of thioether (sulfide) groups is 1. The Morgan fingerprint density at radius 1 is 1.38 bits per heavy atom. The van der Waals surface area contributed by atoms with Gasteiger partial charge in [-0.2, -0.15) is 16.1 Å². The Morgan fingerprint density at radius 2 is 2.14 bits per heavy atom. The first-order chi connectivity index (χ1) is 9.91. The average Bonchev–Trinajstić information content (AvgIpc) is 2.85. The average molecular weight is 325 g/mol. The molecule has 0 aliphatic carbocycles. The molecule has 3 rings (SSSR count). The molecule has 114 valence electrons. The molecule has 1 aromatic carbocycles. The molecule has 1 aliphatic heterocycles. The van der Waals surface area contributed by atoms with Crippen molar-refractivity contribution in [2.75, 3.05) is 18.0 Å². The van der Waals surface area contributed by atoms with E-state index in [1.165, 1.54) is 0 Å². The number of sulfonamides is 1. The molecule has 3 N–H and O–H groups in total. The summed E-state index contributed by atoms with van der Waals surface area (Å²) >= 11 is 1.82. The van der Waals surface area contributed by atoms with E-state index in [1.807, 2.05) is 24.8 Å². The van der Waals surface area contributed by atoms with Crippen LogP contribution in [0.25, 0.3) is 10.9 Å². The molecule has 1 saturated heterocycles. The fraction of sp³-hybridized carbons (Fsp3) is 0.429. The second-order valence-corrected chi connectivity index (χ2v) is 8.73. The van der Waals surface area contributed by atoms with Crippen LogP contribution >= 0.6 is 11.8 Å². The molecule has 1 aromatic heterocycles. The van der Waals surface area contributed by atoms with Gasteiger partial charge in [0.25, 0.3) is 0 Å². The molecule has 0 amide bonds. The Morgan fingerprint density at radius 3 is 2.90 bits per heavy atom. The number of anilines is 1. The van der Waals surface area contributed by atoms with Crippen LogP contribution in [0.1, 0.15) is 13.8 Å². The van der Waals surface area contributed by atoms with Crippen molar-refractivity contribution in [1.29, 1.82) is 0 Å². The number of nitrogens with two attached hydrogens (primary N) is 1. The molecule has 7 heteroatoms. The molecule has 0 bridgehead atoms. The first-order valence-corrected chi connectivity index (χ1v) is 9.40. The maximum atomic E-state index is 13.0. The monoisotopic (exact) mass is 325 g/mol. The van der Waals surface area contributed by atoms with Crippen molar-refractivity contribution >= 4 is 38.4 Å². The van der Waals surface area contributed by atoms with Gasteiger partial charge in [0.1, 0.15) is 4.90 Å². The SMILES string of the molecule is CC1SCCN(S(=O)(=O)c2c[nH]c3ccc(N)cc23)C1C. The summed E-state index contributed by atoms with van der Waals surface area (Å²) in [5.41, 5.74) is 7.15. The number of nitrogens with zero attached hydrogens (tertiary/aromatic N) is 1. The maximum Gasteiger partial charge on any atom is 0.245 e. The van der Waals surface area contributed by atoms with Gasteiger partial charge >= 0.3 is 0 Å². The minimum absolute atomic E-state index is 0.0141. The number of H-pyrrole nitrogens is 1. The smallest absolute Gasteiger partial charge is 0.245 e. The van der Waals surface area contributed by atoms with Crippen LogP contribution in [0, 0.1) is 0 Å². The van der Waals surface area contributed by atoms with E-state index < -0.39 is 10.0 Å². The van der Waals surface area contributed by atoms with Crippen molar-refractivity contribution in [3.05, 3.63) is 24.4 Å². The summed E-state index contributed by atoms with van der Waals surface area (Å²) in [6.07, 6.45) is 1.57. The first kappa shape index (κ1) is 14.7. The van der Waals surface area contributed by atoms with Crippen molar-refractivity contribution in [1.82, 2.24) is 9.29 Å². The van der Waals surface area contributed by atoms with Crippen LogP contribution in [0.5, 0.6) is 0 Å². The third-order valence-electron chi connectivity index (χ3n) is 4.08. The zero-order valence-corrected chi connectivity index (χ0v) is 13.7. The van der Waals surface area contributed by atoms with Gasteiger partial charge in [0, 0.05) is 46.4 Å². The third kappa shape index (κ3) is 2.43. The standard InChI is InChI=1S/C14H19N3O2S2/c1-9-10(2)20-6-5-17(9)21(18,19)14-8-16-13-4-3-11(15)7-12(13)14/h3-4,7-10,16H,5-6,15H2,1-2H3. The van der Waals surface area contributed by atoms with Crippen LogP contribution in [-0.2, 0) is 10.0 Å². The van der Waals surface area contributed by atoms with E-state index in [0.717, 1.165) is 11.3 Å². The van der Waals surface area contributed by atoms with Crippen LogP contribution in [0.3, 0.4) is 0 Å². The number of hydrogen-bond donors (Lipinski definition) is 2. The summed E-state index contributed by atoms with van der Waals surface area (Å²) in [5, 5.41) is 0.955. The van der Waals surface area contributed by atoms with Gasteiger partial charge in [-0.25, -0.2) is 8.42 Å². The number of aromatic amines is 1. The normalized spacial score (nSPS) is 24.5. The Labute approximate surface area is 128 Å². The molecule has 0 saturated carbocycles. The number of benzene rings is 1. The highest BCUT2D eigenvalue weighted by molar-refractivity contribution is 8.00. The van der Waals surface area contributed by atoms with Crippen LogP contribution < -0.4 is 5.73 Å². The van der Waals surface area contributed by atoms with Gasteiger partial charge in [-0.3, -0.25) is 0 Å². The lowest BCUT2D eigenvalue weighted by atomic mass is 10.2. The van der Waals surface area contributed by atoms with Crippen molar-refractivity contribution in [2.45, 2.75) is 30.0 Å². The Bertz CT molecular complexity index is 770. The topological polar surface area (TPSA) is 79.2 Å². The minimum atomic E-state index is -3.51. The van der Waals surface area contributed by atoms with Gasteiger partial charge < -0.3 is 10.7 Å². The molecule has 1 aliphatic rings. The molecule has 2 atom stereocenters. The summed E-state index contributed by atoms with van der Waals surface area (Å²) in [6.45, 7) is 4.59. The van der Waals surface area contributed by atoms with Gasteiger partial charge in [-0.05, 0) is 25.1 Å². The molecular formula is C14H19N3O2S2. The lowest BCUT2D eigenvalue weighted by Crippen LogP contribution is -2.47. The summed E-state index contributed by atoms with van der Waals surface area (Å²) in [6, 6.07) is 5.27. The zero-order valence-electron chi connectivity index (χ0n) is 12.0. The Balaban J connectivity index is 2.10. The van der Waals surface area contributed by atoms with E-state index in [4.69, 9.17) is 5.73 Å². The first-order valence-electron chi connectivity index (χ1n) is 6.91. The zero-order chi connectivity index (χ0) is 15.2. The minimum Gasteiger partial charge on any atom is -0.399 e. The van der Waals surface area contributed by atoms with Crippen molar-refractivity contribution in [2.24, 2.45) is 0 Å². The fourth-order valence-corrected chi connectivity index (χ4v) is 5.85. The highest BCUT2D eigenvalue weighted by atomic mass is 32.2. The van der Waals surface area contributed by atoms with Gasteiger partial charge in [0.2, 0.25) is 10.0 Å². The number of nitrogen functional groups attached to an aromatic ring is 1. The molecule has 2 unspecified atom stereocenters. The number of rotatable bonds is 2. The Kier molecular flexibility index (Phi) is 3.67. The number of fused-ring (bicyclic) bond motifs is 1. The quantitative estimate of drug-likeness (QED) is 0.830. The van der Waals surface area contributed by atoms with Crippen molar-refractivity contribution < 1.29 is 8.42 Å². The maximum absolute atomic E-state index is 13.0. The molecule has 2 aromatic rings. The van der Waals surface area contributed by atoms with E-state index >= 15 is 0 Å². The van der Waals surface area contributed by atoms with Crippen LogP contribution in [0.2, 0.25) is 0 Å². The molecule has 1 fully saturated rings. The second-order valence-electron chi connectivity index (χ2n) is 5.39. The predicted molar refractivity (Wildman–Crippen MR) is 88.0 cm³/mol. The summed E-state index contributed by atoms with van der Waals surface area (Å²) < 4.78 is 27.6. The van der Waals surface area contributed by atoms with E-state index in [2.05, 4.69) is 11.9 Å². The highest BCUT2D eigenvalue weighted by Gasteiger charge is 2.36. The van der Waals surface area contributed by atoms with Crippen molar-refractivity contribution in [3.63, 3.8) is 0 Å². The second kappa shape index (κ2) is 5.23.